The Labute approximate surface area is 90.8 Å². The monoisotopic (exact) mass is 217 g/mol. The first-order chi connectivity index (χ1) is 7.31. The third-order valence-corrected chi connectivity index (χ3v) is 2.87. The SMILES string of the molecule is Cn1ncnc1Sc1cnccc1C#N. The van der Waals surface area contributed by atoms with Crippen molar-refractivity contribution in [2.75, 3.05) is 0 Å². The van der Waals surface area contributed by atoms with Crippen molar-refractivity contribution >= 4 is 11.8 Å². The zero-order chi connectivity index (χ0) is 10.7. The van der Waals surface area contributed by atoms with E-state index in [1.54, 1.807) is 30.2 Å². The number of pyridine rings is 1. The maximum atomic E-state index is 8.88. The van der Waals surface area contributed by atoms with Crippen LogP contribution in [0.1, 0.15) is 5.56 Å². The molecule has 2 aromatic heterocycles. The normalized spacial score (nSPS) is 9.87. The maximum absolute atomic E-state index is 8.88. The lowest BCUT2D eigenvalue weighted by Gasteiger charge is -2.00. The van der Waals surface area contributed by atoms with Gasteiger partial charge in [0.25, 0.3) is 0 Å². The van der Waals surface area contributed by atoms with Crippen LogP contribution in [0.4, 0.5) is 0 Å². The Morgan fingerprint density at radius 2 is 2.40 bits per heavy atom. The van der Waals surface area contributed by atoms with Crippen molar-refractivity contribution in [1.82, 2.24) is 19.7 Å². The average molecular weight is 217 g/mol. The molecule has 0 aromatic carbocycles. The molecule has 0 N–H and O–H groups in total. The van der Waals surface area contributed by atoms with Crippen molar-refractivity contribution in [2.24, 2.45) is 7.05 Å². The molecule has 2 rings (SSSR count). The van der Waals surface area contributed by atoms with E-state index in [0.29, 0.717) is 5.56 Å². The van der Waals surface area contributed by atoms with Crippen LogP contribution in [0.15, 0.2) is 34.8 Å². The molecule has 0 fully saturated rings. The van der Waals surface area contributed by atoms with Gasteiger partial charge in [0.2, 0.25) is 0 Å². The summed E-state index contributed by atoms with van der Waals surface area (Å²) in [5.74, 6) is 0. The van der Waals surface area contributed by atoms with Gasteiger partial charge in [-0.1, -0.05) is 0 Å². The van der Waals surface area contributed by atoms with E-state index >= 15 is 0 Å². The second-order valence-corrected chi connectivity index (χ2v) is 3.76. The highest BCUT2D eigenvalue weighted by Gasteiger charge is 2.07. The summed E-state index contributed by atoms with van der Waals surface area (Å²) >= 11 is 1.38. The predicted octanol–water partition coefficient (Wildman–Crippen LogP) is 1.23. The lowest BCUT2D eigenvalue weighted by molar-refractivity contribution is 0.685. The zero-order valence-electron chi connectivity index (χ0n) is 7.95. The number of aryl methyl sites for hydroxylation is 1. The average Bonchev–Trinajstić information content (AvgIpc) is 2.65. The number of nitriles is 1. The predicted molar refractivity (Wildman–Crippen MR) is 54.1 cm³/mol. The van der Waals surface area contributed by atoms with Crippen LogP contribution >= 0.6 is 11.8 Å². The van der Waals surface area contributed by atoms with Crippen LogP contribution in [0, 0.1) is 11.3 Å². The first kappa shape index (κ1) is 9.68. The van der Waals surface area contributed by atoms with Crippen LogP contribution in [0.2, 0.25) is 0 Å². The first-order valence-electron chi connectivity index (χ1n) is 4.17. The summed E-state index contributed by atoms with van der Waals surface area (Å²) in [6.07, 6.45) is 4.72. The second-order valence-electron chi connectivity index (χ2n) is 2.75. The quantitative estimate of drug-likeness (QED) is 0.756. The molecule has 6 heteroatoms. The van der Waals surface area contributed by atoms with E-state index in [1.807, 2.05) is 0 Å². The minimum atomic E-state index is 0.595. The molecule has 0 bridgehead atoms. The highest BCUT2D eigenvalue weighted by atomic mass is 32.2. The molecule has 2 aromatic rings. The molecule has 2 heterocycles. The minimum absolute atomic E-state index is 0.595. The van der Waals surface area contributed by atoms with E-state index in [-0.39, 0.29) is 0 Å². The highest BCUT2D eigenvalue weighted by Crippen LogP contribution is 2.26. The Hall–Kier alpha value is -1.87. The zero-order valence-corrected chi connectivity index (χ0v) is 8.77. The lowest BCUT2D eigenvalue weighted by Crippen LogP contribution is -1.93. The molecule has 5 nitrogen and oxygen atoms in total. The van der Waals surface area contributed by atoms with E-state index in [0.717, 1.165) is 10.1 Å². The molecule has 0 saturated heterocycles. The van der Waals surface area contributed by atoms with Gasteiger partial charge in [0.1, 0.15) is 12.4 Å². The molecule has 0 amide bonds. The molecule has 15 heavy (non-hydrogen) atoms. The van der Waals surface area contributed by atoms with Gasteiger partial charge in [-0.15, -0.1) is 0 Å². The third-order valence-electron chi connectivity index (χ3n) is 1.78. The molecule has 0 radical (unpaired) electrons. The first-order valence-corrected chi connectivity index (χ1v) is 4.99. The van der Waals surface area contributed by atoms with E-state index in [4.69, 9.17) is 5.26 Å². The van der Waals surface area contributed by atoms with Crippen molar-refractivity contribution in [2.45, 2.75) is 10.1 Å². The van der Waals surface area contributed by atoms with E-state index in [2.05, 4.69) is 21.1 Å². The van der Waals surface area contributed by atoms with Gasteiger partial charge in [0.05, 0.1) is 10.5 Å². The van der Waals surface area contributed by atoms with E-state index < -0.39 is 0 Å². The smallest absolute Gasteiger partial charge is 0.190 e. The molecule has 74 valence electrons. The second kappa shape index (κ2) is 4.11. The number of hydrogen-bond donors (Lipinski definition) is 0. The van der Waals surface area contributed by atoms with Crippen LogP contribution in [0.25, 0.3) is 0 Å². The Bertz CT molecular complexity index is 513. The Morgan fingerprint density at radius 3 is 3.07 bits per heavy atom. The van der Waals surface area contributed by atoms with Gasteiger partial charge >= 0.3 is 0 Å². The van der Waals surface area contributed by atoms with Gasteiger partial charge in [0, 0.05) is 19.4 Å². The van der Waals surface area contributed by atoms with Crippen molar-refractivity contribution in [3.05, 3.63) is 30.4 Å². The van der Waals surface area contributed by atoms with Gasteiger partial charge in [-0.25, -0.2) is 9.67 Å². The third kappa shape index (κ3) is 1.97. The number of nitrogens with zero attached hydrogens (tertiary/aromatic N) is 5. The molecular weight excluding hydrogens is 210 g/mol. The maximum Gasteiger partial charge on any atom is 0.190 e. The van der Waals surface area contributed by atoms with E-state index in [9.17, 15) is 0 Å². The summed E-state index contributed by atoms with van der Waals surface area (Å²) in [5, 5.41) is 13.6. The van der Waals surface area contributed by atoms with Crippen LogP contribution in [0.5, 0.6) is 0 Å². The number of hydrogen-bond acceptors (Lipinski definition) is 5. The van der Waals surface area contributed by atoms with Crippen LogP contribution < -0.4 is 0 Å². The van der Waals surface area contributed by atoms with Gasteiger partial charge in [-0.3, -0.25) is 4.98 Å². The number of rotatable bonds is 2. The summed E-state index contributed by atoms with van der Waals surface area (Å²) in [4.78, 5) is 8.83. The number of aromatic nitrogens is 4. The van der Waals surface area contributed by atoms with Crippen molar-refractivity contribution in [1.29, 1.82) is 5.26 Å². The van der Waals surface area contributed by atoms with Gasteiger partial charge in [-0.2, -0.15) is 10.4 Å². The van der Waals surface area contributed by atoms with Crippen molar-refractivity contribution < 1.29 is 0 Å². The van der Waals surface area contributed by atoms with Gasteiger partial charge in [-0.05, 0) is 17.8 Å². The summed E-state index contributed by atoms with van der Waals surface area (Å²) in [6.45, 7) is 0. The molecule has 0 aliphatic heterocycles. The Morgan fingerprint density at radius 1 is 1.53 bits per heavy atom. The molecule has 0 atom stereocenters. The Balaban J connectivity index is 2.33. The van der Waals surface area contributed by atoms with Gasteiger partial charge < -0.3 is 0 Å². The lowest BCUT2D eigenvalue weighted by atomic mass is 10.3. The molecular formula is C9H7N5S. The summed E-state index contributed by atoms with van der Waals surface area (Å²) in [7, 11) is 1.80. The summed E-state index contributed by atoms with van der Waals surface area (Å²) < 4.78 is 1.65. The topological polar surface area (TPSA) is 67.4 Å². The summed E-state index contributed by atoms with van der Waals surface area (Å²) in [5.41, 5.74) is 0.595. The fourth-order valence-corrected chi connectivity index (χ4v) is 1.84. The van der Waals surface area contributed by atoms with Crippen molar-refractivity contribution in [3.8, 4) is 6.07 Å². The fraction of sp³-hybridized carbons (Fsp3) is 0.111. The van der Waals surface area contributed by atoms with Crippen LogP contribution in [-0.4, -0.2) is 19.7 Å². The highest BCUT2D eigenvalue weighted by molar-refractivity contribution is 7.99. The van der Waals surface area contributed by atoms with Gasteiger partial charge in [0.15, 0.2) is 5.16 Å². The molecule has 0 unspecified atom stereocenters. The standard InChI is InChI=1S/C9H7N5S/c1-14-9(12-6-13-14)15-8-5-11-3-2-7(8)4-10/h2-3,5-6H,1H3. The molecule has 0 saturated carbocycles. The largest absolute Gasteiger partial charge is 0.263 e. The van der Waals surface area contributed by atoms with E-state index in [1.165, 1.54) is 18.1 Å². The van der Waals surface area contributed by atoms with Crippen LogP contribution in [-0.2, 0) is 7.05 Å². The molecule has 0 spiro atoms. The summed E-state index contributed by atoms with van der Waals surface area (Å²) in [6, 6.07) is 3.79. The molecule has 0 aliphatic carbocycles. The molecule has 0 aliphatic rings. The fourth-order valence-electron chi connectivity index (χ4n) is 1.03. The van der Waals surface area contributed by atoms with Crippen molar-refractivity contribution in [3.63, 3.8) is 0 Å². The Kier molecular flexibility index (Phi) is 2.65. The minimum Gasteiger partial charge on any atom is -0.263 e. The van der Waals surface area contributed by atoms with Crippen LogP contribution in [0.3, 0.4) is 0 Å².